The summed E-state index contributed by atoms with van der Waals surface area (Å²) >= 11 is 1.54. The molecule has 2 N–H and O–H groups in total. The van der Waals surface area contributed by atoms with Crippen LogP contribution >= 0.6 is 11.3 Å². The van der Waals surface area contributed by atoms with E-state index in [1.54, 1.807) is 0 Å². The van der Waals surface area contributed by atoms with Gasteiger partial charge in [0, 0.05) is 0 Å². The van der Waals surface area contributed by atoms with Crippen molar-refractivity contribution in [1.29, 1.82) is 0 Å². The summed E-state index contributed by atoms with van der Waals surface area (Å²) in [5, 5.41) is 2.89. The van der Waals surface area contributed by atoms with Gasteiger partial charge in [-0.3, -0.25) is 0 Å². The van der Waals surface area contributed by atoms with Crippen molar-refractivity contribution >= 4 is 27.5 Å². The standard InChI is InChI=1S/C11H15N3OS/c1-4-11(2,3)15-8-7-5-6-16-9(7)14-10(12)13-8/h5-6H,4H2,1-3H3,(H2,12,13,14). The van der Waals surface area contributed by atoms with E-state index >= 15 is 0 Å². The lowest BCUT2D eigenvalue weighted by Crippen LogP contribution is -2.27. The van der Waals surface area contributed by atoms with E-state index in [1.807, 2.05) is 25.3 Å². The molecule has 0 atom stereocenters. The zero-order valence-electron chi connectivity index (χ0n) is 9.65. The molecular weight excluding hydrogens is 222 g/mol. The predicted octanol–water partition coefficient (Wildman–Crippen LogP) is 2.84. The Morgan fingerprint density at radius 3 is 2.88 bits per heavy atom. The molecule has 2 aromatic rings. The Labute approximate surface area is 98.5 Å². The highest BCUT2D eigenvalue weighted by atomic mass is 32.1. The first-order chi connectivity index (χ1) is 7.52. The van der Waals surface area contributed by atoms with Gasteiger partial charge < -0.3 is 10.5 Å². The van der Waals surface area contributed by atoms with Crippen LogP contribution in [-0.4, -0.2) is 15.6 Å². The molecular formula is C11H15N3OS. The first-order valence-corrected chi connectivity index (χ1v) is 6.09. The minimum atomic E-state index is -0.240. The third kappa shape index (κ3) is 2.09. The minimum absolute atomic E-state index is 0.240. The molecule has 0 radical (unpaired) electrons. The molecule has 0 aromatic carbocycles. The first-order valence-electron chi connectivity index (χ1n) is 5.21. The Kier molecular flexibility index (Phi) is 2.71. The van der Waals surface area contributed by atoms with Crippen molar-refractivity contribution in [2.24, 2.45) is 0 Å². The smallest absolute Gasteiger partial charge is 0.227 e. The summed E-state index contributed by atoms with van der Waals surface area (Å²) in [7, 11) is 0. The molecule has 2 aromatic heterocycles. The Morgan fingerprint density at radius 2 is 2.19 bits per heavy atom. The van der Waals surface area contributed by atoms with Gasteiger partial charge in [-0.25, -0.2) is 4.98 Å². The topological polar surface area (TPSA) is 61.0 Å². The minimum Gasteiger partial charge on any atom is -0.471 e. The van der Waals surface area contributed by atoms with Gasteiger partial charge in [-0.2, -0.15) is 4.98 Å². The number of aromatic nitrogens is 2. The Balaban J connectivity index is 2.47. The molecule has 86 valence electrons. The molecule has 0 fully saturated rings. The van der Waals surface area contributed by atoms with Gasteiger partial charge in [-0.15, -0.1) is 11.3 Å². The highest BCUT2D eigenvalue weighted by Gasteiger charge is 2.20. The number of nitrogen functional groups attached to an aromatic ring is 1. The van der Waals surface area contributed by atoms with Crippen molar-refractivity contribution in [1.82, 2.24) is 9.97 Å². The first kappa shape index (κ1) is 11.1. The number of fused-ring (bicyclic) bond motifs is 1. The molecule has 16 heavy (non-hydrogen) atoms. The number of thiophene rings is 1. The maximum Gasteiger partial charge on any atom is 0.227 e. The van der Waals surface area contributed by atoms with Crippen molar-refractivity contribution < 1.29 is 4.74 Å². The fourth-order valence-corrected chi connectivity index (χ4v) is 2.02. The van der Waals surface area contributed by atoms with E-state index in [9.17, 15) is 0 Å². The van der Waals surface area contributed by atoms with Gasteiger partial charge in [-0.05, 0) is 31.7 Å². The molecule has 5 heteroatoms. The second-order valence-electron chi connectivity index (χ2n) is 4.24. The van der Waals surface area contributed by atoms with Gasteiger partial charge in [0.05, 0.1) is 5.39 Å². The quantitative estimate of drug-likeness (QED) is 0.891. The molecule has 0 aliphatic rings. The van der Waals surface area contributed by atoms with Gasteiger partial charge in [0.1, 0.15) is 10.4 Å². The number of ether oxygens (including phenoxy) is 1. The van der Waals surface area contributed by atoms with E-state index < -0.39 is 0 Å². The molecule has 0 aliphatic heterocycles. The molecule has 0 bridgehead atoms. The molecule has 0 amide bonds. The summed E-state index contributed by atoms with van der Waals surface area (Å²) in [4.78, 5) is 9.18. The van der Waals surface area contributed by atoms with Gasteiger partial charge >= 0.3 is 0 Å². The molecule has 0 spiro atoms. The van der Waals surface area contributed by atoms with E-state index in [0.717, 1.165) is 16.6 Å². The fraction of sp³-hybridized carbons (Fsp3) is 0.455. The second kappa shape index (κ2) is 3.90. The summed E-state index contributed by atoms with van der Waals surface area (Å²) in [6.45, 7) is 6.14. The lowest BCUT2D eigenvalue weighted by molar-refractivity contribution is 0.101. The van der Waals surface area contributed by atoms with Crippen LogP contribution in [0.25, 0.3) is 10.2 Å². The second-order valence-corrected chi connectivity index (χ2v) is 5.14. The van der Waals surface area contributed by atoms with Crippen LogP contribution in [0.4, 0.5) is 5.95 Å². The third-order valence-electron chi connectivity index (χ3n) is 2.53. The van der Waals surface area contributed by atoms with E-state index in [2.05, 4.69) is 16.9 Å². The van der Waals surface area contributed by atoms with E-state index in [0.29, 0.717) is 5.88 Å². The SMILES string of the molecule is CCC(C)(C)Oc1nc(N)nc2sccc12. The molecule has 0 saturated carbocycles. The monoisotopic (exact) mass is 237 g/mol. The fourth-order valence-electron chi connectivity index (χ4n) is 1.26. The maximum atomic E-state index is 5.88. The van der Waals surface area contributed by atoms with Gasteiger partial charge in [0.15, 0.2) is 0 Å². The molecule has 0 unspecified atom stereocenters. The molecule has 0 aliphatic carbocycles. The van der Waals surface area contributed by atoms with Gasteiger partial charge in [-0.1, -0.05) is 6.92 Å². The van der Waals surface area contributed by atoms with Crippen LogP contribution in [0.15, 0.2) is 11.4 Å². The van der Waals surface area contributed by atoms with Crippen LogP contribution in [0.5, 0.6) is 5.88 Å². The Hall–Kier alpha value is -1.36. The summed E-state index contributed by atoms with van der Waals surface area (Å²) in [5.41, 5.74) is 5.41. The van der Waals surface area contributed by atoms with Gasteiger partial charge in [0.25, 0.3) is 0 Å². The average molecular weight is 237 g/mol. The zero-order valence-corrected chi connectivity index (χ0v) is 10.5. The summed E-state index contributed by atoms with van der Waals surface area (Å²) in [6, 6.07) is 1.96. The normalized spacial score (nSPS) is 11.9. The van der Waals surface area contributed by atoms with Gasteiger partial charge in [0.2, 0.25) is 11.8 Å². The largest absolute Gasteiger partial charge is 0.471 e. The van der Waals surface area contributed by atoms with Crippen molar-refractivity contribution in [3.05, 3.63) is 11.4 Å². The van der Waals surface area contributed by atoms with Crippen LogP contribution in [0.1, 0.15) is 27.2 Å². The number of nitrogens with zero attached hydrogens (tertiary/aromatic N) is 2. The Morgan fingerprint density at radius 1 is 1.44 bits per heavy atom. The van der Waals surface area contributed by atoms with Crippen LogP contribution < -0.4 is 10.5 Å². The number of anilines is 1. The van der Waals surface area contributed by atoms with E-state index in [1.165, 1.54) is 11.3 Å². The summed E-state index contributed by atoms with van der Waals surface area (Å²) < 4.78 is 5.88. The lowest BCUT2D eigenvalue weighted by atomic mass is 10.1. The van der Waals surface area contributed by atoms with E-state index in [-0.39, 0.29) is 11.5 Å². The van der Waals surface area contributed by atoms with Crippen molar-refractivity contribution in [3.8, 4) is 5.88 Å². The van der Waals surface area contributed by atoms with Crippen LogP contribution in [-0.2, 0) is 0 Å². The maximum absolute atomic E-state index is 5.88. The molecule has 2 rings (SSSR count). The van der Waals surface area contributed by atoms with Crippen LogP contribution in [0.3, 0.4) is 0 Å². The third-order valence-corrected chi connectivity index (χ3v) is 3.34. The van der Waals surface area contributed by atoms with Crippen LogP contribution in [0, 0.1) is 0 Å². The molecule has 4 nitrogen and oxygen atoms in total. The van der Waals surface area contributed by atoms with Crippen molar-refractivity contribution in [2.45, 2.75) is 32.8 Å². The zero-order chi connectivity index (χ0) is 11.8. The average Bonchev–Trinajstić information content (AvgIpc) is 2.65. The highest BCUT2D eigenvalue weighted by molar-refractivity contribution is 7.16. The predicted molar refractivity (Wildman–Crippen MR) is 66.8 cm³/mol. The number of hydrogen-bond donors (Lipinski definition) is 1. The lowest BCUT2D eigenvalue weighted by Gasteiger charge is -2.24. The van der Waals surface area contributed by atoms with Crippen molar-refractivity contribution in [3.63, 3.8) is 0 Å². The number of hydrogen-bond acceptors (Lipinski definition) is 5. The van der Waals surface area contributed by atoms with Crippen LogP contribution in [0.2, 0.25) is 0 Å². The van der Waals surface area contributed by atoms with Crippen molar-refractivity contribution in [2.75, 3.05) is 5.73 Å². The number of nitrogens with two attached hydrogens (primary N) is 1. The van der Waals surface area contributed by atoms with E-state index in [4.69, 9.17) is 10.5 Å². The summed E-state index contributed by atoms with van der Waals surface area (Å²) in [5.74, 6) is 0.840. The number of rotatable bonds is 3. The Bertz CT molecular complexity index is 507. The molecule has 0 saturated heterocycles. The highest BCUT2D eigenvalue weighted by Crippen LogP contribution is 2.30. The molecule has 2 heterocycles. The summed E-state index contributed by atoms with van der Waals surface area (Å²) in [6.07, 6.45) is 0.905.